The highest BCUT2D eigenvalue weighted by Gasteiger charge is 2.16. The van der Waals surface area contributed by atoms with Gasteiger partial charge in [0, 0.05) is 18.2 Å². The monoisotopic (exact) mass is 337 g/mol. The number of hydrogen-bond donors (Lipinski definition) is 1. The maximum Gasteiger partial charge on any atom is 0.262 e. The second-order valence-corrected chi connectivity index (χ2v) is 5.64. The van der Waals surface area contributed by atoms with Gasteiger partial charge in [-0.2, -0.15) is 0 Å². The van der Waals surface area contributed by atoms with Crippen LogP contribution in [0, 0.1) is 0 Å². The highest BCUT2D eigenvalue weighted by molar-refractivity contribution is 6.05. The molecule has 0 radical (unpaired) electrons. The van der Waals surface area contributed by atoms with Crippen LogP contribution in [0.25, 0.3) is 11.0 Å². The van der Waals surface area contributed by atoms with Gasteiger partial charge in [0.05, 0.1) is 18.6 Å². The van der Waals surface area contributed by atoms with Crippen LogP contribution in [-0.4, -0.2) is 19.1 Å². The average Bonchev–Trinajstić information content (AvgIpc) is 2.87. The lowest BCUT2D eigenvalue weighted by Crippen LogP contribution is -2.21. The predicted octanol–water partition coefficient (Wildman–Crippen LogP) is 3.21. The number of rotatable bonds is 2. The molecular weight excluding hydrogens is 322 g/mol. The standard InChI is InChI=1S/C19H15NO5/c21-18-13-4-1-2-5-15(13)25-11-14(18)19(22)20-12-6-7-16-17(10-12)24-9-3-8-23-16/h1-2,4-7,10-11H,3,8-9H2,(H,20,22). The van der Waals surface area contributed by atoms with Gasteiger partial charge in [-0.15, -0.1) is 0 Å². The van der Waals surface area contributed by atoms with E-state index in [-0.39, 0.29) is 11.0 Å². The molecule has 1 N–H and O–H groups in total. The smallest absolute Gasteiger partial charge is 0.262 e. The zero-order valence-corrected chi connectivity index (χ0v) is 13.3. The lowest BCUT2D eigenvalue weighted by atomic mass is 10.1. The van der Waals surface area contributed by atoms with Crippen molar-refractivity contribution in [3.63, 3.8) is 0 Å². The molecule has 0 bridgehead atoms. The van der Waals surface area contributed by atoms with E-state index in [0.717, 1.165) is 6.42 Å². The summed E-state index contributed by atoms with van der Waals surface area (Å²) in [5.74, 6) is 0.676. The van der Waals surface area contributed by atoms with Crippen LogP contribution in [0.1, 0.15) is 16.8 Å². The van der Waals surface area contributed by atoms with Crippen LogP contribution in [0.4, 0.5) is 5.69 Å². The number of ether oxygens (including phenoxy) is 2. The Kier molecular flexibility index (Phi) is 3.85. The quantitative estimate of drug-likeness (QED) is 0.777. The van der Waals surface area contributed by atoms with Gasteiger partial charge in [-0.1, -0.05) is 12.1 Å². The van der Waals surface area contributed by atoms with Crippen molar-refractivity contribution in [2.45, 2.75) is 6.42 Å². The van der Waals surface area contributed by atoms with Gasteiger partial charge in [-0.25, -0.2) is 0 Å². The topological polar surface area (TPSA) is 77.8 Å². The molecule has 1 aliphatic rings. The van der Waals surface area contributed by atoms with Crippen molar-refractivity contribution >= 4 is 22.6 Å². The van der Waals surface area contributed by atoms with Gasteiger partial charge in [0.2, 0.25) is 5.43 Å². The number of para-hydroxylation sites is 1. The molecule has 0 spiro atoms. The SMILES string of the molecule is O=C(Nc1ccc2c(c1)OCCCO2)c1coc2ccccc2c1=O. The Balaban J connectivity index is 1.63. The number of carbonyl (C=O) groups excluding carboxylic acids is 1. The van der Waals surface area contributed by atoms with Crippen LogP contribution in [-0.2, 0) is 0 Å². The third-order valence-electron chi connectivity index (χ3n) is 3.93. The minimum absolute atomic E-state index is 0.0502. The van der Waals surface area contributed by atoms with E-state index >= 15 is 0 Å². The van der Waals surface area contributed by atoms with E-state index < -0.39 is 5.91 Å². The summed E-state index contributed by atoms with van der Waals surface area (Å²) in [7, 11) is 0. The van der Waals surface area contributed by atoms with E-state index in [9.17, 15) is 9.59 Å². The maximum absolute atomic E-state index is 12.5. The Morgan fingerprint density at radius 1 is 1.00 bits per heavy atom. The van der Waals surface area contributed by atoms with Crippen molar-refractivity contribution in [1.29, 1.82) is 0 Å². The summed E-state index contributed by atoms with van der Waals surface area (Å²) >= 11 is 0. The first-order valence-electron chi connectivity index (χ1n) is 7.94. The van der Waals surface area contributed by atoms with Gasteiger partial charge in [-0.05, 0) is 24.3 Å². The third-order valence-corrected chi connectivity index (χ3v) is 3.93. The lowest BCUT2D eigenvalue weighted by Gasteiger charge is -2.10. The second kappa shape index (κ2) is 6.32. The number of carbonyl (C=O) groups is 1. The number of hydrogen-bond acceptors (Lipinski definition) is 5. The highest BCUT2D eigenvalue weighted by atomic mass is 16.5. The van der Waals surface area contributed by atoms with Gasteiger partial charge in [0.1, 0.15) is 17.4 Å². The summed E-state index contributed by atoms with van der Waals surface area (Å²) in [5, 5.41) is 3.07. The summed E-state index contributed by atoms with van der Waals surface area (Å²) in [6.07, 6.45) is 1.98. The van der Waals surface area contributed by atoms with Gasteiger partial charge >= 0.3 is 0 Å². The largest absolute Gasteiger partial charge is 0.490 e. The molecule has 1 amide bonds. The molecule has 0 aliphatic carbocycles. The Labute approximate surface area is 143 Å². The fraction of sp³-hybridized carbons (Fsp3) is 0.158. The first-order valence-corrected chi connectivity index (χ1v) is 7.94. The molecule has 1 aliphatic heterocycles. The summed E-state index contributed by atoms with van der Waals surface area (Å²) in [6.45, 7) is 1.15. The molecule has 3 aromatic rings. The second-order valence-electron chi connectivity index (χ2n) is 5.64. The van der Waals surface area contributed by atoms with Gasteiger partial charge in [0.15, 0.2) is 11.5 Å². The van der Waals surface area contributed by atoms with Crippen LogP contribution in [0.5, 0.6) is 11.5 Å². The van der Waals surface area contributed by atoms with Crippen molar-refractivity contribution in [2.75, 3.05) is 18.5 Å². The maximum atomic E-state index is 12.5. The van der Waals surface area contributed by atoms with Gasteiger partial charge in [-0.3, -0.25) is 9.59 Å². The normalized spacial score (nSPS) is 13.3. The minimum atomic E-state index is -0.533. The summed E-state index contributed by atoms with van der Waals surface area (Å²) in [4.78, 5) is 24.9. The molecule has 4 rings (SSSR count). The first-order chi connectivity index (χ1) is 12.2. The molecular formula is C19H15NO5. The van der Waals surface area contributed by atoms with E-state index in [1.54, 1.807) is 42.5 Å². The van der Waals surface area contributed by atoms with Crippen LogP contribution in [0.3, 0.4) is 0 Å². The highest BCUT2D eigenvalue weighted by Crippen LogP contribution is 2.32. The molecule has 2 heterocycles. The molecule has 0 atom stereocenters. The van der Waals surface area contributed by atoms with Gasteiger partial charge in [0.25, 0.3) is 5.91 Å². The molecule has 0 unspecified atom stereocenters. The van der Waals surface area contributed by atoms with Crippen LogP contribution >= 0.6 is 0 Å². The summed E-state index contributed by atoms with van der Waals surface area (Å²) in [5.41, 5.74) is 0.543. The first kappa shape index (κ1) is 15.3. The molecule has 0 fully saturated rings. The third kappa shape index (κ3) is 2.94. The average molecular weight is 337 g/mol. The Hall–Kier alpha value is -3.28. The van der Waals surface area contributed by atoms with Crippen LogP contribution in [0.15, 0.2) is 57.9 Å². The van der Waals surface area contributed by atoms with Crippen molar-refractivity contribution in [3.05, 3.63) is 64.5 Å². The van der Waals surface area contributed by atoms with Crippen LogP contribution < -0.4 is 20.2 Å². The summed E-state index contributed by atoms with van der Waals surface area (Å²) < 4.78 is 16.5. The molecule has 1 aromatic heterocycles. The number of benzene rings is 2. The lowest BCUT2D eigenvalue weighted by molar-refractivity contribution is 0.102. The molecule has 2 aromatic carbocycles. The predicted molar refractivity (Wildman–Crippen MR) is 92.5 cm³/mol. The molecule has 126 valence electrons. The fourth-order valence-electron chi connectivity index (χ4n) is 2.67. The van der Waals surface area contributed by atoms with Crippen LogP contribution in [0.2, 0.25) is 0 Å². The Bertz CT molecular complexity index is 1010. The summed E-state index contributed by atoms with van der Waals surface area (Å²) in [6, 6.07) is 11.9. The van der Waals surface area contributed by atoms with E-state index in [2.05, 4.69) is 5.32 Å². The fourth-order valence-corrected chi connectivity index (χ4v) is 2.67. The number of anilines is 1. The minimum Gasteiger partial charge on any atom is -0.490 e. The Morgan fingerprint density at radius 3 is 2.68 bits per heavy atom. The molecule has 6 nitrogen and oxygen atoms in total. The van der Waals surface area contributed by atoms with Crippen molar-refractivity contribution in [2.24, 2.45) is 0 Å². The van der Waals surface area contributed by atoms with E-state index in [0.29, 0.717) is 41.4 Å². The molecule has 6 heteroatoms. The number of nitrogens with one attached hydrogen (secondary N) is 1. The Morgan fingerprint density at radius 2 is 1.80 bits per heavy atom. The zero-order chi connectivity index (χ0) is 17.2. The zero-order valence-electron chi connectivity index (χ0n) is 13.3. The van der Waals surface area contributed by atoms with E-state index in [1.807, 2.05) is 0 Å². The van der Waals surface area contributed by atoms with E-state index in [4.69, 9.17) is 13.9 Å². The number of amides is 1. The molecule has 0 saturated carbocycles. The van der Waals surface area contributed by atoms with Crippen molar-refractivity contribution < 1.29 is 18.7 Å². The van der Waals surface area contributed by atoms with Gasteiger partial charge < -0.3 is 19.2 Å². The van der Waals surface area contributed by atoms with Crippen molar-refractivity contribution in [3.8, 4) is 11.5 Å². The molecule has 0 saturated heterocycles. The molecule has 25 heavy (non-hydrogen) atoms. The number of fused-ring (bicyclic) bond motifs is 2. The van der Waals surface area contributed by atoms with Crippen molar-refractivity contribution in [1.82, 2.24) is 0 Å². The van der Waals surface area contributed by atoms with E-state index in [1.165, 1.54) is 6.26 Å².